The second kappa shape index (κ2) is 9.79. The SMILES string of the molecule is COc1ccc(C)c(C(O)C(O)CCNC(=O)OCc2ccccc2)c1. The number of aliphatic hydroxyl groups is 2. The predicted molar refractivity (Wildman–Crippen MR) is 97.9 cm³/mol. The molecule has 140 valence electrons. The van der Waals surface area contributed by atoms with Gasteiger partial charge in [-0.15, -0.1) is 0 Å². The summed E-state index contributed by atoms with van der Waals surface area (Å²) in [7, 11) is 1.54. The van der Waals surface area contributed by atoms with Crippen molar-refractivity contribution in [1.29, 1.82) is 0 Å². The van der Waals surface area contributed by atoms with Crippen LogP contribution in [-0.2, 0) is 11.3 Å². The number of benzene rings is 2. The molecule has 0 aliphatic carbocycles. The highest BCUT2D eigenvalue weighted by Gasteiger charge is 2.20. The Morgan fingerprint density at radius 1 is 1.15 bits per heavy atom. The van der Waals surface area contributed by atoms with E-state index >= 15 is 0 Å². The van der Waals surface area contributed by atoms with E-state index in [9.17, 15) is 15.0 Å². The van der Waals surface area contributed by atoms with Crippen molar-refractivity contribution in [2.75, 3.05) is 13.7 Å². The van der Waals surface area contributed by atoms with Crippen LogP contribution in [0.2, 0.25) is 0 Å². The molecule has 26 heavy (non-hydrogen) atoms. The molecule has 0 aliphatic heterocycles. The summed E-state index contributed by atoms with van der Waals surface area (Å²) in [6.45, 7) is 2.22. The second-order valence-electron chi connectivity index (χ2n) is 6.01. The van der Waals surface area contributed by atoms with Gasteiger partial charge >= 0.3 is 6.09 Å². The van der Waals surface area contributed by atoms with Gasteiger partial charge in [0.25, 0.3) is 0 Å². The molecule has 0 spiro atoms. The molecule has 2 rings (SSSR count). The summed E-state index contributed by atoms with van der Waals surface area (Å²) >= 11 is 0. The smallest absolute Gasteiger partial charge is 0.407 e. The number of hydrogen-bond donors (Lipinski definition) is 3. The molecular formula is C20H25NO5. The van der Waals surface area contributed by atoms with Crippen LogP contribution in [0.5, 0.6) is 5.75 Å². The van der Waals surface area contributed by atoms with Crippen molar-refractivity contribution in [1.82, 2.24) is 5.32 Å². The topological polar surface area (TPSA) is 88.0 Å². The van der Waals surface area contributed by atoms with Gasteiger partial charge in [0.1, 0.15) is 18.5 Å². The quantitative estimate of drug-likeness (QED) is 0.674. The van der Waals surface area contributed by atoms with Gasteiger partial charge < -0.3 is 25.0 Å². The minimum atomic E-state index is -1.06. The molecule has 0 fully saturated rings. The van der Waals surface area contributed by atoms with Crippen LogP contribution >= 0.6 is 0 Å². The number of aliphatic hydroxyl groups excluding tert-OH is 2. The molecule has 0 saturated carbocycles. The molecule has 0 heterocycles. The number of nitrogens with one attached hydrogen (secondary N) is 1. The maximum Gasteiger partial charge on any atom is 0.407 e. The standard InChI is InChI=1S/C20H25NO5/c1-14-8-9-16(25-2)12-17(14)19(23)18(22)10-11-21-20(24)26-13-15-6-4-3-5-7-15/h3-9,12,18-19,22-23H,10-11,13H2,1-2H3,(H,21,24). The monoisotopic (exact) mass is 359 g/mol. The summed E-state index contributed by atoms with van der Waals surface area (Å²) in [6, 6.07) is 14.7. The Hall–Kier alpha value is -2.57. The van der Waals surface area contributed by atoms with Crippen molar-refractivity contribution >= 4 is 6.09 Å². The van der Waals surface area contributed by atoms with Crippen molar-refractivity contribution in [2.24, 2.45) is 0 Å². The Bertz CT molecular complexity index is 705. The second-order valence-corrected chi connectivity index (χ2v) is 6.01. The molecule has 2 aromatic rings. The van der Waals surface area contributed by atoms with Crippen molar-refractivity contribution < 1.29 is 24.5 Å². The number of hydrogen-bond acceptors (Lipinski definition) is 5. The number of rotatable bonds is 8. The first-order valence-electron chi connectivity index (χ1n) is 8.46. The molecule has 2 unspecified atom stereocenters. The fraction of sp³-hybridized carbons (Fsp3) is 0.350. The lowest BCUT2D eigenvalue weighted by atomic mass is 9.97. The molecule has 0 radical (unpaired) electrons. The van der Waals surface area contributed by atoms with Crippen LogP contribution in [0.25, 0.3) is 0 Å². The van der Waals surface area contributed by atoms with Gasteiger partial charge in [-0.25, -0.2) is 4.79 Å². The Morgan fingerprint density at radius 3 is 2.58 bits per heavy atom. The van der Waals surface area contributed by atoms with Crippen LogP contribution in [0.15, 0.2) is 48.5 Å². The van der Waals surface area contributed by atoms with Crippen molar-refractivity contribution in [3.8, 4) is 5.75 Å². The van der Waals surface area contributed by atoms with Gasteiger partial charge in [-0.2, -0.15) is 0 Å². The van der Waals surface area contributed by atoms with Crippen LogP contribution < -0.4 is 10.1 Å². The average molecular weight is 359 g/mol. The number of methoxy groups -OCH3 is 1. The van der Waals surface area contributed by atoms with Crippen LogP contribution in [0, 0.1) is 6.92 Å². The third-order valence-corrected chi connectivity index (χ3v) is 4.09. The number of alkyl carbamates (subject to hydrolysis) is 1. The molecule has 2 atom stereocenters. The molecule has 0 aromatic heterocycles. The summed E-state index contributed by atoms with van der Waals surface area (Å²) < 4.78 is 10.2. The third-order valence-electron chi connectivity index (χ3n) is 4.09. The Morgan fingerprint density at radius 2 is 1.88 bits per heavy atom. The van der Waals surface area contributed by atoms with Gasteiger partial charge in [0.2, 0.25) is 0 Å². The highest BCUT2D eigenvalue weighted by molar-refractivity contribution is 5.67. The number of ether oxygens (including phenoxy) is 2. The largest absolute Gasteiger partial charge is 0.497 e. The first kappa shape index (κ1) is 19.8. The van der Waals surface area contributed by atoms with Gasteiger partial charge in [0, 0.05) is 6.54 Å². The maximum atomic E-state index is 11.7. The molecule has 0 bridgehead atoms. The Labute approximate surface area is 153 Å². The van der Waals surface area contributed by atoms with E-state index in [2.05, 4.69) is 5.32 Å². The van der Waals surface area contributed by atoms with E-state index < -0.39 is 18.3 Å². The van der Waals surface area contributed by atoms with Crippen molar-refractivity contribution in [3.63, 3.8) is 0 Å². The lowest BCUT2D eigenvalue weighted by molar-refractivity contribution is 0.0132. The molecule has 6 nitrogen and oxygen atoms in total. The van der Waals surface area contributed by atoms with Crippen LogP contribution in [0.1, 0.15) is 29.2 Å². The van der Waals surface area contributed by atoms with Crippen LogP contribution in [-0.4, -0.2) is 36.1 Å². The zero-order chi connectivity index (χ0) is 18.9. The van der Waals surface area contributed by atoms with Gasteiger partial charge in [-0.1, -0.05) is 36.4 Å². The normalized spacial score (nSPS) is 12.9. The number of carbonyl (C=O) groups excluding carboxylic acids is 1. The zero-order valence-corrected chi connectivity index (χ0v) is 15.0. The van der Waals surface area contributed by atoms with Crippen LogP contribution in [0.4, 0.5) is 4.79 Å². The zero-order valence-electron chi connectivity index (χ0n) is 15.0. The number of aryl methyl sites for hydroxylation is 1. The van der Waals surface area contributed by atoms with E-state index in [-0.39, 0.29) is 19.6 Å². The molecular weight excluding hydrogens is 334 g/mol. The molecule has 0 aliphatic rings. The molecule has 1 amide bonds. The number of amides is 1. The maximum absolute atomic E-state index is 11.7. The van der Waals surface area contributed by atoms with E-state index in [0.29, 0.717) is 11.3 Å². The van der Waals surface area contributed by atoms with E-state index in [1.165, 1.54) is 0 Å². The minimum Gasteiger partial charge on any atom is -0.497 e. The first-order chi connectivity index (χ1) is 12.5. The van der Waals surface area contributed by atoms with Crippen LogP contribution in [0.3, 0.4) is 0 Å². The van der Waals surface area contributed by atoms with Gasteiger partial charge in [0.05, 0.1) is 13.2 Å². The third kappa shape index (κ3) is 5.75. The highest BCUT2D eigenvalue weighted by atomic mass is 16.5. The van der Waals surface area contributed by atoms with E-state index in [0.717, 1.165) is 11.1 Å². The van der Waals surface area contributed by atoms with E-state index in [4.69, 9.17) is 9.47 Å². The highest BCUT2D eigenvalue weighted by Crippen LogP contribution is 2.26. The average Bonchev–Trinajstić information content (AvgIpc) is 2.67. The Balaban J connectivity index is 1.77. The summed E-state index contributed by atoms with van der Waals surface area (Å²) in [5.74, 6) is 0.611. The van der Waals surface area contributed by atoms with Gasteiger partial charge in [-0.3, -0.25) is 0 Å². The number of carbonyl (C=O) groups is 1. The van der Waals surface area contributed by atoms with Crippen molar-refractivity contribution in [2.45, 2.75) is 32.2 Å². The summed E-state index contributed by atoms with van der Waals surface area (Å²) in [6.07, 6.45) is -2.45. The molecule has 0 saturated heterocycles. The van der Waals surface area contributed by atoms with E-state index in [1.54, 1.807) is 19.2 Å². The first-order valence-corrected chi connectivity index (χ1v) is 8.46. The molecule has 3 N–H and O–H groups in total. The summed E-state index contributed by atoms with van der Waals surface area (Å²) in [4.78, 5) is 11.7. The van der Waals surface area contributed by atoms with E-state index in [1.807, 2.05) is 43.3 Å². The summed E-state index contributed by atoms with van der Waals surface area (Å²) in [5.41, 5.74) is 2.35. The van der Waals surface area contributed by atoms with Gasteiger partial charge in [-0.05, 0) is 42.2 Å². The lowest BCUT2D eigenvalue weighted by Gasteiger charge is -2.20. The van der Waals surface area contributed by atoms with Crippen molar-refractivity contribution in [3.05, 3.63) is 65.2 Å². The van der Waals surface area contributed by atoms with Gasteiger partial charge in [0.15, 0.2) is 0 Å². The fourth-order valence-corrected chi connectivity index (χ4v) is 2.53. The predicted octanol–water partition coefficient (Wildman–Crippen LogP) is 2.71. The molecule has 2 aromatic carbocycles. The minimum absolute atomic E-state index is 0.181. The molecule has 6 heteroatoms. The lowest BCUT2D eigenvalue weighted by Crippen LogP contribution is -2.30. The summed E-state index contributed by atoms with van der Waals surface area (Å²) in [5, 5.41) is 23.1. The fourth-order valence-electron chi connectivity index (χ4n) is 2.53. The Kier molecular flexibility index (Phi) is 7.44.